The van der Waals surface area contributed by atoms with E-state index in [1.165, 1.54) is 5.69 Å². The largest absolute Gasteiger partial charge is 0.334 e. The van der Waals surface area contributed by atoms with Crippen LogP contribution in [0.1, 0.15) is 37.4 Å². The normalized spacial score (nSPS) is 18.7. The van der Waals surface area contributed by atoms with Crippen molar-refractivity contribution >= 4 is 17.1 Å². The molecule has 2 aliphatic rings. The molecule has 0 saturated carbocycles. The SMILES string of the molecule is [C-]#[N+]CC(=O)N1CCC[C@H](n2c(=O)n(C)c3ccc(-c4cnn5c4CCCC5)nc32)C1. The van der Waals surface area contributed by atoms with E-state index in [1.54, 1.807) is 21.1 Å². The molecular weight excluding hydrogens is 394 g/mol. The number of carbonyl (C=O) groups excluding carboxylic acids is 1. The third-order valence-corrected chi connectivity index (χ3v) is 6.52. The fraction of sp³-hybridized carbons (Fsp3) is 0.500. The molecule has 0 bridgehead atoms. The molecule has 160 valence electrons. The first-order valence-electron chi connectivity index (χ1n) is 10.8. The molecule has 1 atom stereocenters. The molecule has 0 radical (unpaired) electrons. The summed E-state index contributed by atoms with van der Waals surface area (Å²) < 4.78 is 5.43. The number of hydrogen-bond donors (Lipinski definition) is 0. The summed E-state index contributed by atoms with van der Waals surface area (Å²) in [6, 6.07) is 3.77. The van der Waals surface area contributed by atoms with Crippen LogP contribution in [-0.4, -0.2) is 54.3 Å². The van der Waals surface area contributed by atoms with Crippen LogP contribution < -0.4 is 5.69 Å². The number of hydrogen-bond acceptors (Lipinski definition) is 4. The van der Waals surface area contributed by atoms with Gasteiger partial charge in [0.15, 0.2) is 5.65 Å². The Morgan fingerprint density at radius 3 is 2.97 bits per heavy atom. The summed E-state index contributed by atoms with van der Waals surface area (Å²) in [6.07, 6.45) is 6.75. The minimum Gasteiger partial charge on any atom is -0.334 e. The molecule has 1 saturated heterocycles. The number of fused-ring (bicyclic) bond motifs is 2. The maximum atomic E-state index is 13.1. The van der Waals surface area contributed by atoms with Gasteiger partial charge in [0, 0.05) is 37.9 Å². The molecule has 3 aromatic rings. The lowest BCUT2D eigenvalue weighted by molar-refractivity contribution is -0.130. The van der Waals surface area contributed by atoms with E-state index in [0.717, 1.165) is 55.4 Å². The van der Waals surface area contributed by atoms with Crippen molar-refractivity contribution < 1.29 is 4.79 Å². The van der Waals surface area contributed by atoms with Crippen molar-refractivity contribution in [1.82, 2.24) is 28.8 Å². The summed E-state index contributed by atoms with van der Waals surface area (Å²) in [7, 11) is 1.76. The summed E-state index contributed by atoms with van der Waals surface area (Å²) in [5.74, 6) is -0.173. The van der Waals surface area contributed by atoms with Crippen molar-refractivity contribution in [3.63, 3.8) is 0 Å². The number of imidazole rings is 1. The molecule has 3 aromatic heterocycles. The van der Waals surface area contributed by atoms with Crippen LogP contribution in [0.2, 0.25) is 0 Å². The van der Waals surface area contributed by atoms with Crippen molar-refractivity contribution in [3.8, 4) is 11.3 Å². The van der Waals surface area contributed by atoms with Gasteiger partial charge in [-0.1, -0.05) is 0 Å². The monoisotopic (exact) mass is 419 g/mol. The Hall–Kier alpha value is -3.41. The highest BCUT2D eigenvalue weighted by atomic mass is 16.2. The van der Waals surface area contributed by atoms with Gasteiger partial charge < -0.3 is 9.74 Å². The highest BCUT2D eigenvalue weighted by Crippen LogP contribution is 2.29. The zero-order chi connectivity index (χ0) is 21.5. The van der Waals surface area contributed by atoms with Crippen LogP contribution in [0.5, 0.6) is 0 Å². The van der Waals surface area contributed by atoms with Crippen molar-refractivity contribution in [2.24, 2.45) is 7.05 Å². The van der Waals surface area contributed by atoms with E-state index in [2.05, 4.69) is 14.6 Å². The number of aryl methyl sites for hydroxylation is 2. The molecule has 9 heteroatoms. The number of likely N-dealkylation sites (tertiary alicyclic amines) is 1. The molecule has 9 nitrogen and oxygen atoms in total. The van der Waals surface area contributed by atoms with Crippen LogP contribution in [0, 0.1) is 6.57 Å². The molecule has 0 N–H and O–H groups in total. The van der Waals surface area contributed by atoms with Crippen molar-refractivity contribution in [2.45, 2.75) is 44.7 Å². The molecular formula is C22H25N7O2. The minimum absolute atomic E-state index is 0.124. The van der Waals surface area contributed by atoms with E-state index >= 15 is 0 Å². The Balaban J connectivity index is 1.57. The zero-order valence-corrected chi connectivity index (χ0v) is 17.6. The second-order valence-electron chi connectivity index (χ2n) is 8.39. The number of pyridine rings is 1. The number of aromatic nitrogens is 5. The van der Waals surface area contributed by atoms with Crippen molar-refractivity contribution in [1.29, 1.82) is 0 Å². The molecule has 0 spiro atoms. The smallest absolute Gasteiger partial charge is 0.330 e. The van der Waals surface area contributed by atoms with Crippen LogP contribution in [0.15, 0.2) is 23.1 Å². The lowest BCUT2D eigenvalue weighted by Gasteiger charge is -2.32. The Morgan fingerprint density at radius 1 is 1.26 bits per heavy atom. The predicted octanol–water partition coefficient (Wildman–Crippen LogP) is 2.02. The van der Waals surface area contributed by atoms with Crippen LogP contribution >= 0.6 is 0 Å². The molecule has 31 heavy (non-hydrogen) atoms. The number of carbonyl (C=O) groups is 1. The molecule has 0 unspecified atom stereocenters. The molecule has 2 aliphatic heterocycles. The van der Waals surface area contributed by atoms with Gasteiger partial charge in [-0.3, -0.25) is 18.6 Å². The fourth-order valence-electron chi connectivity index (χ4n) is 4.91. The first-order valence-corrected chi connectivity index (χ1v) is 10.8. The topological polar surface area (TPSA) is 82.3 Å². The number of piperidine rings is 1. The van der Waals surface area contributed by atoms with E-state index in [4.69, 9.17) is 11.6 Å². The van der Waals surface area contributed by atoms with Gasteiger partial charge in [0.1, 0.15) is 0 Å². The third-order valence-electron chi connectivity index (χ3n) is 6.52. The van der Waals surface area contributed by atoms with Gasteiger partial charge in [-0.2, -0.15) is 5.10 Å². The van der Waals surface area contributed by atoms with E-state index < -0.39 is 0 Å². The van der Waals surface area contributed by atoms with Crippen molar-refractivity contribution in [2.75, 3.05) is 19.6 Å². The fourth-order valence-corrected chi connectivity index (χ4v) is 4.91. The summed E-state index contributed by atoms with van der Waals surface area (Å²) in [5, 5.41) is 4.53. The third kappa shape index (κ3) is 3.23. The Morgan fingerprint density at radius 2 is 2.13 bits per heavy atom. The lowest BCUT2D eigenvalue weighted by Crippen LogP contribution is -2.43. The average Bonchev–Trinajstić information content (AvgIpc) is 3.33. The Kier molecular flexibility index (Phi) is 4.85. The predicted molar refractivity (Wildman–Crippen MR) is 115 cm³/mol. The molecule has 5 rings (SSSR count). The molecule has 1 amide bonds. The van der Waals surface area contributed by atoms with Gasteiger partial charge in [0.2, 0.25) is 0 Å². The molecule has 0 aliphatic carbocycles. The summed E-state index contributed by atoms with van der Waals surface area (Å²) in [4.78, 5) is 35.3. The van der Waals surface area contributed by atoms with Crippen LogP contribution in [0.4, 0.5) is 0 Å². The lowest BCUT2D eigenvalue weighted by atomic mass is 10.0. The molecule has 1 fully saturated rings. The van der Waals surface area contributed by atoms with Crippen LogP contribution in [0.25, 0.3) is 27.3 Å². The minimum atomic E-state index is -0.173. The van der Waals surface area contributed by atoms with Crippen molar-refractivity contribution in [3.05, 3.63) is 45.9 Å². The highest BCUT2D eigenvalue weighted by molar-refractivity contribution is 5.80. The van der Waals surface area contributed by atoms with Gasteiger partial charge >= 0.3 is 11.6 Å². The second-order valence-corrected chi connectivity index (χ2v) is 8.39. The summed E-state index contributed by atoms with van der Waals surface area (Å²) >= 11 is 0. The van der Waals surface area contributed by atoms with E-state index in [1.807, 2.05) is 18.3 Å². The van der Waals surface area contributed by atoms with E-state index in [0.29, 0.717) is 18.7 Å². The summed E-state index contributed by atoms with van der Waals surface area (Å²) in [6.45, 7) is 8.82. The second kappa shape index (κ2) is 7.69. The highest BCUT2D eigenvalue weighted by Gasteiger charge is 2.29. The molecule has 5 heterocycles. The van der Waals surface area contributed by atoms with Gasteiger partial charge in [-0.15, -0.1) is 0 Å². The first kappa shape index (κ1) is 19.5. The average molecular weight is 419 g/mol. The standard InChI is InChI=1S/C22H25N7O2/c1-23-13-20(30)27-10-5-6-15(14-27)29-21-19(26(2)22(29)31)9-8-17(25-21)16-12-24-28-11-4-3-7-18(16)28/h8-9,12,15H,3-7,10-11,13-14H2,2H3/t15-/m0/s1. The quantitative estimate of drug-likeness (QED) is 0.608. The van der Waals surface area contributed by atoms with Gasteiger partial charge in [0.05, 0.1) is 23.4 Å². The number of nitrogens with zero attached hydrogens (tertiary/aromatic N) is 7. The molecule has 0 aromatic carbocycles. The zero-order valence-electron chi connectivity index (χ0n) is 17.6. The van der Waals surface area contributed by atoms with Gasteiger partial charge in [-0.05, 0) is 44.2 Å². The van der Waals surface area contributed by atoms with E-state index in [9.17, 15) is 9.59 Å². The summed E-state index contributed by atoms with van der Waals surface area (Å²) in [5.41, 5.74) is 4.36. The maximum Gasteiger partial charge on any atom is 0.330 e. The van der Waals surface area contributed by atoms with Gasteiger partial charge in [-0.25, -0.2) is 16.4 Å². The van der Waals surface area contributed by atoms with Crippen LogP contribution in [0.3, 0.4) is 0 Å². The van der Waals surface area contributed by atoms with Crippen LogP contribution in [-0.2, 0) is 24.8 Å². The number of rotatable bonds is 3. The van der Waals surface area contributed by atoms with Gasteiger partial charge in [0.25, 0.3) is 6.54 Å². The first-order chi connectivity index (χ1) is 15.1. The Bertz CT molecular complexity index is 1260. The maximum absolute atomic E-state index is 13.1. The Labute approximate surface area is 179 Å². The number of amides is 1. The van der Waals surface area contributed by atoms with E-state index in [-0.39, 0.29) is 24.2 Å².